The number of fused-ring (bicyclic) bond motifs is 1. The van der Waals surface area contributed by atoms with Crippen molar-refractivity contribution in [3.63, 3.8) is 0 Å². The summed E-state index contributed by atoms with van der Waals surface area (Å²) in [6, 6.07) is 6.64. The van der Waals surface area contributed by atoms with Crippen LogP contribution in [0.25, 0.3) is 0 Å². The van der Waals surface area contributed by atoms with Crippen LogP contribution in [0.15, 0.2) is 17.2 Å². The smallest absolute Gasteiger partial charge is 0.227 e. The first-order chi connectivity index (χ1) is 6.24. The highest BCUT2D eigenvalue weighted by atomic mass is 32.2. The summed E-state index contributed by atoms with van der Waals surface area (Å²) in [5.41, 5.74) is 1.22. The summed E-state index contributed by atoms with van der Waals surface area (Å²) in [5, 5.41) is 10.3. The Morgan fingerprint density at radius 2 is 2.31 bits per heavy atom. The van der Waals surface area contributed by atoms with E-state index in [1.165, 1.54) is 10.7 Å². The van der Waals surface area contributed by atoms with Crippen LogP contribution < -0.4 is 0 Å². The maximum Gasteiger partial charge on any atom is 0.227 e. The minimum Gasteiger partial charge on any atom is -0.305 e. The van der Waals surface area contributed by atoms with Crippen molar-refractivity contribution in [1.29, 1.82) is 5.26 Å². The fraction of sp³-hybridized carbons (Fsp3) is 0.500. The van der Waals surface area contributed by atoms with Gasteiger partial charge in [-0.05, 0) is 12.5 Å². The average Bonchev–Trinajstić information content (AvgIpc) is 2.61. The van der Waals surface area contributed by atoms with E-state index in [2.05, 4.69) is 35.3 Å². The summed E-state index contributed by atoms with van der Waals surface area (Å²) in [4.78, 5) is 0. The van der Waals surface area contributed by atoms with Gasteiger partial charge in [0, 0.05) is 29.2 Å². The largest absolute Gasteiger partial charge is 0.305 e. The third-order valence-corrected chi connectivity index (χ3v) is 3.74. The van der Waals surface area contributed by atoms with Crippen LogP contribution in [0.4, 0.5) is 0 Å². The lowest BCUT2D eigenvalue weighted by Crippen LogP contribution is -2.04. The molecule has 13 heavy (non-hydrogen) atoms. The fourth-order valence-electron chi connectivity index (χ4n) is 1.90. The zero-order valence-corrected chi connectivity index (χ0v) is 8.77. The Kier molecular flexibility index (Phi) is 2.09. The molecule has 0 amide bonds. The van der Waals surface area contributed by atoms with Crippen LogP contribution in [0.1, 0.15) is 18.0 Å². The van der Waals surface area contributed by atoms with E-state index >= 15 is 0 Å². The highest BCUT2D eigenvalue weighted by Gasteiger charge is 2.28. The molecule has 68 valence electrons. The van der Waals surface area contributed by atoms with Gasteiger partial charge in [-0.2, -0.15) is 5.26 Å². The first-order valence-electron chi connectivity index (χ1n) is 4.40. The van der Waals surface area contributed by atoms with E-state index in [-0.39, 0.29) is 5.92 Å². The Labute approximate surface area is 81.5 Å². The Morgan fingerprint density at radius 1 is 1.54 bits per heavy atom. The monoisotopic (exact) mass is 193 g/mol. The second-order valence-electron chi connectivity index (χ2n) is 3.53. The number of hydrogen-bond acceptors (Lipinski definition) is 1. The standard InChI is InChI=1S/C10H13N2S/c1-13(2)10-4-3-9-8(7-11)5-6-12(9)10/h3-4,8H,5-6H2,1-2H3/q+1. The molecule has 1 atom stereocenters. The van der Waals surface area contributed by atoms with E-state index in [1.807, 2.05) is 0 Å². The second kappa shape index (κ2) is 3.12. The summed E-state index contributed by atoms with van der Waals surface area (Å²) in [5.74, 6) is 0.136. The number of aromatic nitrogens is 1. The molecule has 0 bridgehead atoms. The maximum atomic E-state index is 8.90. The van der Waals surface area contributed by atoms with E-state index in [4.69, 9.17) is 5.26 Å². The van der Waals surface area contributed by atoms with Crippen molar-refractivity contribution < 1.29 is 0 Å². The molecule has 3 heteroatoms. The Morgan fingerprint density at radius 3 is 2.92 bits per heavy atom. The molecule has 2 rings (SSSR count). The van der Waals surface area contributed by atoms with Crippen molar-refractivity contribution in [1.82, 2.24) is 4.57 Å². The van der Waals surface area contributed by atoms with Gasteiger partial charge in [0.15, 0.2) is 0 Å². The predicted octanol–water partition coefficient (Wildman–Crippen LogP) is 1.74. The number of rotatable bonds is 1. The molecular weight excluding hydrogens is 180 g/mol. The lowest BCUT2D eigenvalue weighted by molar-refractivity contribution is 0.686. The maximum absolute atomic E-state index is 8.90. The number of nitrogens with zero attached hydrogens (tertiary/aromatic N) is 2. The van der Waals surface area contributed by atoms with Crippen molar-refractivity contribution >= 4 is 10.9 Å². The molecule has 0 radical (unpaired) electrons. The van der Waals surface area contributed by atoms with Gasteiger partial charge in [-0.1, -0.05) is 0 Å². The van der Waals surface area contributed by atoms with Crippen LogP contribution >= 0.6 is 0 Å². The highest BCUT2D eigenvalue weighted by Crippen LogP contribution is 2.31. The predicted molar refractivity (Wildman–Crippen MR) is 54.9 cm³/mol. The summed E-state index contributed by atoms with van der Waals surface area (Å²) in [6.07, 6.45) is 5.45. The lowest BCUT2D eigenvalue weighted by atomic mass is 10.1. The number of nitriles is 1. The van der Waals surface area contributed by atoms with Crippen LogP contribution in [0, 0.1) is 11.3 Å². The number of hydrogen-bond donors (Lipinski definition) is 0. The summed E-state index contributed by atoms with van der Waals surface area (Å²) >= 11 is 0. The first kappa shape index (κ1) is 8.71. The van der Waals surface area contributed by atoms with Crippen LogP contribution in [0.3, 0.4) is 0 Å². The third kappa shape index (κ3) is 1.26. The third-order valence-electron chi connectivity index (χ3n) is 2.55. The molecule has 1 aromatic heterocycles. The quantitative estimate of drug-likeness (QED) is 0.624. The van der Waals surface area contributed by atoms with Crippen LogP contribution in [-0.4, -0.2) is 17.1 Å². The molecule has 1 aliphatic rings. The molecule has 1 aromatic rings. The molecule has 0 aliphatic carbocycles. The van der Waals surface area contributed by atoms with Crippen molar-refractivity contribution in [2.75, 3.05) is 12.5 Å². The van der Waals surface area contributed by atoms with E-state index in [1.54, 1.807) is 0 Å². The van der Waals surface area contributed by atoms with E-state index in [0.29, 0.717) is 10.9 Å². The molecule has 1 aliphatic heterocycles. The zero-order chi connectivity index (χ0) is 9.42. The normalized spacial score (nSPS) is 20.3. The Balaban J connectivity index is 2.43. The Hall–Kier alpha value is -0.880. The summed E-state index contributed by atoms with van der Waals surface area (Å²) < 4.78 is 2.32. The van der Waals surface area contributed by atoms with Crippen LogP contribution in [0.2, 0.25) is 0 Å². The molecule has 0 saturated carbocycles. The molecule has 0 fully saturated rings. The van der Waals surface area contributed by atoms with Crippen molar-refractivity contribution in [2.24, 2.45) is 0 Å². The summed E-state index contributed by atoms with van der Waals surface area (Å²) in [7, 11) is 0.307. The van der Waals surface area contributed by atoms with Gasteiger partial charge in [-0.3, -0.25) is 0 Å². The molecule has 2 nitrogen and oxygen atoms in total. The zero-order valence-electron chi connectivity index (χ0n) is 7.95. The molecule has 1 unspecified atom stereocenters. The van der Waals surface area contributed by atoms with Crippen LogP contribution in [0.5, 0.6) is 0 Å². The van der Waals surface area contributed by atoms with Crippen LogP contribution in [-0.2, 0) is 17.4 Å². The van der Waals surface area contributed by atoms with Gasteiger partial charge in [-0.15, -0.1) is 0 Å². The summed E-state index contributed by atoms with van der Waals surface area (Å²) in [6.45, 7) is 1.03. The first-order valence-corrected chi connectivity index (χ1v) is 6.45. The fourth-order valence-corrected chi connectivity index (χ4v) is 2.88. The molecular formula is C10H13N2S+. The van der Waals surface area contributed by atoms with Gasteiger partial charge in [0.2, 0.25) is 5.03 Å². The van der Waals surface area contributed by atoms with Gasteiger partial charge in [0.05, 0.1) is 12.0 Å². The highest BCUT2D eigenvalue weighted by molar-refractivity contribution is 7.95. The molecule has 0 saturated heterocycles. The molecule has 0 aromatic carbocycles. The van der Waals surface area contributed by atoms with E-state index in [9.17, 15) is 0 Å². The van der Waals surface area contributed by atoms with Crippen molar-refractivity contribution in [3.8, 4) is 6.07 Å². The van der Waals surface area contributed by atoms with Crippen molar-refractivity contribution in [3.05, 3.63) is 17.8 Å². The molecule has 2 heterocycles. The molecule has 0 spiro atoms. The van der Waals surface area contributed by atoms with Gasteiger partial charge in [-0.25, -0.2) is 0 Å². The minimum atomic E-state index is 0.136. The lowest BCUT2D eigenvalue weighted by Gasteiger charge is -2.00. The van der Waals surface area contributed by atoms with Gasteiger partial charge in [0.1, 0.15) is 12.5 Å². The van der Waals surface area contributed by atoms with Crippen molar-refractivity contribution in [2.45, 2.75) is 23.9 Å². The minimum absolute atomic E-state index is 0.136. The van der Waals surface area contributed by atoms with E-state index < -0.39 is 0 Å². The Bertz CT molecular complexity index is 359. The van der Waals surface area contributed by atoms with Gasteiger partial charge >= 0.3 is 0 Å². The average molecular weight is 193 g/mol. The topological polar surface area (TPSA) is 28.7 Å². The SMILES string of the molecule is C[S+](C)c1ccc2n1CCC2C#N. The van der Waals surface area contributed by atoms with Gasteiger partial charge in [0.25, 0.3) is 0 Å². The van der Waals surface area contributed by atoms with Gasteiger partial charge < -0.3 is 4.57 Å². The second-order valence-corrected chi connectivity index (χ2v) is 5.59. The van der Waals surface area contributed by atoms with E-state index in [0.717, 1.165) is 13.0 Å². The molecule has 0 N–H and O–H groups in total.